The van der Waals surface area contributed by atoms with Crippen molar-refractivity contribution in [1.29, 1.82) is 0 Å². The maximum Gasteiger partial charge on any atom is 0.306 e. The van der Waals surface area contributed by atoms with Gasteiger partial charge in [-0.2, -0.15) is 8.42 Å². The van der Waals surface area contributed by atoms with E-state index >= 15 is 0 Å². The van der Waals surface area contributed by atoms with E-state index < -0.39 is 10.1 Å². The Morgan fingerprint density at radius 1 is 1.19 bits per heavy atom. The second-order valence-corrected chi connectivity index (χ2v) is 11.2. The van der Waals surface area contributed by atoms with Gasteiger partial charge in [0.2, 0.25) is 0 Å². The molecule has 0 bridgehead atoms. The number of hydrogen-bond acceptors (Lipinski definition) is 3. The van der Waals surface area contributed by atoms with Crippen LogP contribution in [0.4, 0.5) is 0 Å². The smallest absolute Gasteiger partial charge is 0.306 e. The third kappa shape index (κ3) is 2.86. The molecule has 0 heterocycles. The minimum absolute atomic E-state index is 0.260. The molecule has 3 aliphatic carbocycles. The second kappa shape index (κ2) is 6.10. The van der Waals surface area contributed by atoms with Gasteiger partial charge in [-0.1, -0.05) is 32.1 Å². The summed E-state index contributed by atoms with van der Waals surface area (Å²) in [6.45, 7) is 11.6. The van der Waals surface area contributed by atoms with Crippen LogP contribution in [0.3, 0.4) is 0 Å². The molecule has 27 heavy (non-hydrogen) atoms. The van der Waals surface area contributed by atoms with E-state index in [1.807, 2.05) is 12.1 Å². The van der Waals surface area contributed by atoms with E-state index in [0.717, 1.165) is 24.5 Å². The van der Waals surface area contributed by atoms with Crippen LogP contribution in [0.1, 0.15) is 69.9 Å². The van der Waals surface area contributed by atoms with Gasteiger partial charge in [-0.25, -0.2) is 0 Å². The molecule has 0 aromatic heterocycles. The number of allylic oxidation sites excluding steroid dienone is 1. The Bertz CT molecular complexity index is 887. The number of rotatable bonds is 3. The highest BCUT2D eigenvalue weighted by Crippen LogP contribution is 2.69. The van der Waals surface area contributed by atoms with E-state index in [1.165, 1.54) is 48.8 Å². The lowest BCUT2D eigenvalue weighted by Crippen LogP contribution is -2.46. The summed E-state index contributed by atoms with van der Waals surface area (Å²) >= 11 is 0. The van der Waals surface area contributed by atoms with Gasteiger partial charge in [0.05, 0.1) is 6.26 Å². The summed E-state index contributed by atoms with van der Waals surface area (Å²) in [5, 5.41) is 0. The van der Waals surface area contributed by atoms with E-state index in [2.05, 4.69) is 33.4 Å². The maximum atomic E-state index is 11.4. The van der Waals surface area contributed by atoms with Crippen LogP contribution in [-0.4, -0.2) is 14.7 Å². The molecule has 4 heteroatoms. The Balaban J connectivity index is 1.65. The highest BCUT2D eigenvalue weighted by molar-refractivity contribution is 7.86. The molecular weight excluding hydrogens is 356 g/mol. The van der Waals surface area contributed by atoms with Gasteiger partial charge in [0.1, 0.15) is 5.75 Å². The van der Waals surface area contributed by atoms with Crippen molar-refractivity contribution in [3.8, 4) is 5.75 Å². The average molecular weight is 389 g/mol. The standard InChI is InChI=1S/C23H32O3S/c1-15(2)22(3)13-11-21-20-8-6-16-14-17(26-27(5,24)25)7-9-18(16)19(20)10-12-23(21,22)4/h7,9,14,19-21H,1,6,8,10-13H2,2-5H3/t19-,20-,21+,22-,23+/m1/s1. The number of aryl methyl sites for hydroxylation is 1. The number of benzene rings is 1. The van der Waals surface area contributed by atoms with E-state index in [0.29, 0.717) is 17.1 Å². The van der Waals surface area contributed by atoms with E-state index in [4.69, 9.17) is 4.18 Å². The van der Waals surface area contributed by atoms with Gasteiger partial charge in [-0.15, -0.1) is 0 Å². The number of hydrogen-bond donors (Lipinski definition) is 0. The molecule has 3 nitrogen and oxygen atoms in total. The van der Waals surface area contributed by atoms with E-state index in [1.54, 1.807) is 0 Å². The summed E-state index contributed by atoms with van der Waals surface area (Å²) in [4.78, 5) is 0. The molecule has 0 spiro atoms. The van der Waals surface area contributed by atoms with Gasteiger partial charge in [0, 0.05) is 0 Å². The fourth-order valence-corrected chi connectivity index (χ4v) is 7.21. The fraction of sp³-hybridized carbons (Fsp3) is 0.652. The van der Waals surface area contributed by atoms with Crippen molar-refractivity contribution in [2.24, 2.45) is 22.7 Å². The maximum absolute atomic E-state index is 11.4. The topological polar surface area (TPSA) is 43.4 Å². The molecule has 1 aromatic carbocycles. The molecule has 0 radical (unpaired) electrons. The first-order valence-electron chi connectivity index (χ1n) is 10.2. The zero-order valence-electron chi connectivity index (χ0n) is 17.0. The van der Waals surface area contributed by atoms with Gasteiger partial charge in [-0.3, -0.25) is 0 Å². The minimum Gasteiger partial charge on any atom is -0.383 e. The number of fused-ring (bicyclic) bond motifs is 5. The summed E-state index contributed by atoms with van der Waals surface area (Å²) in [6.07, 6.45) is 8.37. The molecule has 3 aliphatic rings. The molecule has 2 fully saturated rings. The van der Waals surface area contributed by atoms with Gasteiger partial charge >= 0.3 is 10.1 Å². The lowest BCUT2D eigenvalue weighted by molar-refractivity contribution is -0.0000378. The third-order valence-corrected chi connectivity index (χ3v) is 8.99. The van der Waals surface area contributed by atoms with Gasteiger partial charge in [0.15, 0.2) is 0 Å². The summed E-state index contributed by atoms with van der Waals surface area (Å²) in [5.74, 6) is 2.55. The molecular formula is C23H32O3S. The van der Waals surface area contributed by atoms with Crippen molar-refractivity contribution in [3.63, 3.8) is 0 Å². The van der Waals surface area contributed by atoms with Crippen LogP contribution in [-0.2, 0) is 16.5 Å². The van der Waals surface area contributed by atoms with Crippen molar-refractivity contribution in [1.82, 2.24) is 0 Å². The predicted molar refractivity (Wildman–Crippen MR) is 109 cm³/mol. The Kier molecular flexibility index (Phi) is 4.30. The van der Waals surface area contributed by atoms with Crippen molar-refractivity contribution < 1.29 is 12.6 Å². The molecule has 0 saturated heterocycles. The van der Waals surface area contributed by atoms with Crippen LogP contribution in [0.15, 0.2) is 30.4 Å². The largest absolute Gasteiger partial charge is 0.383 e. The zero-order valence-corrected chi connectivity index (χ0v) is 17.9. The molecule has 0 aliphatic heterocycles. The van der Waals surface area contributed by atoms with Crippen LogP contribution >= 0.6 is 0 Å². The molecule has 0 N–H and O–H groups in total. The van der Waals surface area contributed by atoms with Crippen molar-refractivity contribution in [3.05, 3.63) is 41.5 Å². The molecule has 0 unspecified atom stereocenters. The van der Waals surface area contributed by atoms with Gasteiger partial charge in [0.25, 0.3) is 0 Å². The molecule has 4 rings (SSSR count). The first-order valence-corrected chi connectivity index (χ1v) is 12.0. The zero-order chi connectivity index (χ0) is 19.6. The SMILES string of the molecule is C=C(C)[C@@]1(C)CC[C@H]2[C@@H]3CCc4cc(OS(C)(=O)=O)ccc4[C@H]3CC[C@@]21C. The second-order valence-electron chi connectivity index (χ2n) is 9.67. The van der Waals surface area contributed by atoms with Crippen LogP contribution in [0.25, 0.3) is 0 Å². The van der Waals surface area contributed by atoms with E-state index in [9.17, 15) is 8.42 Å². The van der Waals surface area contributed by atoms with Crippen molar-refractivity contribution in [2.75, 3.05) is 6.26 Å². The monoisotopic (exact) mass is 388 g/mol. The van der Waals surface area contributed by atoms with Crippen LogP contribution in [0.5, 0.6) is 5.75 Å². The quantitative estimate of drug-likeness (QED) is 0.510. The lowest BCUT2D eigenvalue weighted by Gasteiger charge is -2.54. The Morgan fingerprint density at radius 3 is 2.59 bits per heavy atom. The highest BCUT2D eigenvalue weighted by atomic mass is 32.2. The molecule has 148 valence electrons. The van der Waals surface area contributed by atoms with Crippen molar-refractivity contribution in [2.45, 2.75) is 65.2 Å². The Morgan fingerprint density at radius 2 is 1.93 bits per heavy atom. The minimum atomic E-state index is -3.48. The van der Waals surface area contributed by atoms with E-state index in [-0.39, 0.29) is 5.41 Å². The Hall–Kier alpha value is -1.29. The Labute approximate surface area is 164 Å². The van der Waals surface area contributed by atoms with Crippen molar-refractivity contribution >= 4 is 10.1 Å². The van der Waals surface area contributed by atoms with Crippen LogP contribution < -0.4 is 4.18 Å². The summed E-state index contributed by atoms with van der Waals surface area (Å²) in [5.41, 5.74) is 4.68. The summed E-state index contributed by atoms with van der Waals surface area (Å²) < 4.78 is 28.0. The first kappa shape index (κ1) is 19.0. The predicted octanol–water partition coefficient (Wildman–Crippen LogP) is 5.46. The van der Waals surface area contributed by atoms with Crippen LogP contribution in [0, 0.1) is 22.7 Å². The lowest BCUT2D eigenvalue weighted by atomic mass is 9.50. The highest BCUT2D eigenvalue weighted by Gasteiger charge is 2.59. The molecule has 0 amide bonds. The third-order valence-electron chi connectivity index (χ3n) is 8.49. The molecule has 2 saturated carbocycles. The first-order chi connectivity index (χ1) is 12.6. The van der Waals surface area contributed by atoms with Gasteiger partial charge in [-0.05, 0) is 97.3 Å². The summed E-state index contributed by atoms with van der Waals surface area (Å²) in [6, 6.07) is 5.91. The fourth-order valence-electron chi connectivity index (χ4n) is 6.75. The normalized spacial score (nSPS) is 37.9. The van der Waals surface area contributed by atoms with Gasteiger partial charge < -0.3 is 4.18 Å². The van der Waals surface area contributed by atoms with Crippen LogP contribution in [0.2, 0.25) is 0 Å². The molecule has 5 atom stereocenters. The molecule has 1 aromatic rings. The average Bonchev–Trinajstić information content (AvgIpc) is 2.86. The summed E-state index contributed by atoms with van der Waals surface area (Å²) in [7, 11) is -3.48.